The van der Waals surface area contributed by atoms with Crippen LogP contribution in [0.5, 0.6) is 0 Å². The molecule has 0 amide bonds. The lowest BCUT2D eigenvalue weighted by Crippen LogP contribution is -2.09. The van der Waals surface area contributed by atoms with Crippen LogP contribution in [-0.2, 0) is 21.8 Å². The van der Waals surface area contributed by atoms with Gasteiger partial charge in [0, 0.05) is 11.5 Å². The van der Waals surface area contributed by atoms with Gasteiger partial charge in [0.15, 0.2) is 5.76 Å². The number of nitrogen functional groups attached to an aromatic ring is 1. The number of anilines is 1. The van der Waals surface area contributed by atoms with Crippen LogP contribution in [0.2, 0.25) is 0 Å². The third kappa shape index (κ3) is 2.49. The summed E-state index contributed by atoms with van der Waals surface area (Å²) in [4.78, 5) is 9.23. The van der Waals surface area contributed by atoms with Crippen molar-refractivity contribution in [3.63, 3.8) is 0 Å². The lowest BCUT2D eigenvalue weighted by Gasteiger charge is -2.13. The predicted octanol–water partition coefficient (Wildman–Crippen LogP) is 2.24. The monoisotopic (exact) mass is 199 g/mol. The predicted molar refractivity (Wildman–Crippen MR) is 53.6 cm³/mol. The largest absolute Gasteiger partial charge is 0.461 e. The maximum atomic E-state index is 5.75. The van der Waals surface area contributed by atoms with E-state index < -0.39 is 0 Å². The van der Waals surface area contributed by atoms with E-state index >= 15 is 0 Å². The molecule has 0 spiro atoms. The molecule has 0 bridgehead atoms. The summed E-state index contributed by atoms with van der Waals surface area (Å²) in [5, 5.41) is 0. The molecule has 0 aliphatic carbocycles. The summed E-state index contributed by atoms with van der Waals surface area (Å²) in [6.07, 6.45) is 0. The summed E-state index contributed by atoms with van der Waals surface area (Å²) in [6, 6.07) is 1.83. The van der Waals surface area contributed by atoms with Gasteiger partial charge in [-0.15, -0.1) is 0 Å². The van der Waals surface area contributed by atoms with E-state index in [1.807, 2.05) is 6.07 Å². The third-order valence-electron chi connectivity index (χ3n) is 1.89. The second-order valence-corrected chi connectivity index (χ2v) is 4.17. The zero-order valence-electron chi connectivity index (χ0n) is 9.09. The Morgan fingerprint density at radius 2 is 2.07 bits per heavy atom. The Bertz CT molecular complexity index is 299. The highest BCUT2D eigenvalue weighted by Gasteiger charge is 2.20. The van der Waals surface area contributed by atoms with E-state index in [1.54, 1.807) is 0 Å². The van der Waals surface area contributed by atoms with Crippen LogP contribution in [-0.4, -0.2) is 7.11 Å². The van der Waals surface area contributed by atoms with Crippen molar-refractivity contribution in [1.82, 2.24) is 0 Å². The van der Waals surface area contributed by atoms with Crippen molar-refractivity contribution in [2.75, 3.05) is 12.8 Å². The van der Waals surface area contributed by atoms with E-state index in [9.17, 15) is 0 Å². The van der Waals surface area contributed by atoms with Crippen molar-refractivity contribution in [1.29, 1.82) is 0 Å². The van der Waals surface area contributed by atoms with Crippen molar-refractivity contribution in [2.24, 2.45) is 0 Å². The van der Waals surface area contributed by atoms with Crippen LogP contribution in [0.15, 0.2) is 10.5 Å². The maximum Gasteiger partial charge on any atom is 0.156 e. The van der Waals surface area contributed by atoms with E-state index in [0.29, 0.717) is 11.4 Å². The summed E-state index contributed by atoms with van der Waals surface area (Å²) < 4.78 is 5.55. The van der Waals surface area contributed by atoms with Gasteiger partial charge >= 0.3 is 0 Å². The van der Waals surface area contributed by atoms with Gasteiger partial charge in [0.2, 0.25) is 0 Å². The SMILES string of the molecule is COOCc1oc(C(C)(C)C)cc1N. The molecular weight excluding hydrogens is 182 g/mol. The molecule has 0 aliphatic heterocycles. The van der Waals surface area contributed by atoms with Gasteiger partial charge in [-0.2, -0.15) is 0 Å². The first-order valence-corrected chi connectivity index (χ1v) is 4.49. The molecule has 0 saturated heterocycles. The molecule has 0 radical (unpaired) electrons. The van der Waals surface area contributed by atoms with Crippen LogP contribution in [0.1, 0.15) is 32.3 Å². The van der Waals surface area contributed by atoms with Crippen LogP contribution in [0.3, 0.4) is 0 Å². The summed E-state index contributed by atoms with van der Waals surface area (Å²) in [7, 11) is 1.45. The van der Waals surface area contributed by atoms with Gasteiger partial charge < -0.3 is 10.2 Å². The van der Waals surface area contributed by atoms with Crippen LogP contribution in [0.4, 0.5) is 5.69 Å². The molecule has 0 saturated carbocycles. The second kappa shape index (κ2) is 4.02. The van der Waals surface area contributed by atoms with E-state index in [4.69, 9.17) is 15.0 Å². The number of furan rings is 1. The van der Waals surface area contributed by atoms with E-state index in [2.05, 4.69) is 25.7 Å². The lowest BCUT2D eigenvalue weighted by molar-refractivity contribution is -0.284. The molecule has 4 heteroatoms. The Balaban J connectivity index is 2.82. The standard InChI is InChI=1S/C10H17NO3/c1-10(2,3)9-5-7(11)8(14-9)6-13-12-4/h5H,6,11H2,1-4H3. The minimum Gasteiger partial charge on any atom is -0.461 e. The first-order valence-electron chi connectivity index (χ1n) is 4.49. The van der Waals surface area contributed by atoms with Gasteiger partial charge in [-0.3, -0.25) is 0 Å². The quantitative estimate of drug-likeness (QED) is 0.599. The topological polar surface area (TPSA) is 57.6 Å². The van der Waals surface area contributed by atoms with Gasteiger partial charge in [0.1, 0.15) is 12.4 Å². The fourth-order valence-electron chi connectivity index (χ4n) is 1.04. The summed E-state index contributed by atoms with van der Waals surface area (Å²) >= 11 is 0. The lowest BCUT2D eigenvalue weighted by atomic mass is 9.93. The fraction of sp³-hybridized carbons (Fsp3) is 0.600. The zero-order chi connectivity index (χ0) is 10.8. The maximum absolute atomic E-state index is 5.75. The van der Waals surface area contributed by atoms with Gasteiger partial charge in [-0.1, -0.05) is 20.8 Å². The van der Waals surface area contributed by atoms with Crippen LogP contribution < -0.4 is 5.73 Å². The Hall–Kier alpha value is -1.00. The van der Waals surface area contributed by atoms with Gasteiger partial charge in [-0.25, -0.2) is 9.78 Å². The number of rotatable bonds is 3. The van der Waals surface area contributed by atoms with Crippen molar-refractivity contribution < 1.29 is 14.2 Å². The second-order valence-electron chi connectivity index (χ2n) is 4.17. The molecule has 0 atom stereocenters. The molecule has 4 nitrogen and oxygen atoms in total. The first-order chi connectivity index (χ1) is 6.45. The van der Waals surface area contributed by atoms with Crippen molar-refractivity contribution >= 4 is 5.69 Å². The summed E-state index contributed by atoms with van der Waals surface area (Å²) in [6.45, 7) is 6.42. The molecule has 0 aliphatic rings. The Morgan fingerprint density at radius 3 is 2.50 bits per heavy atom. The van der Waals surface area contributed by atoms with Crippen molar-refractivity contribution in [3.8, 4) is 0 Å². The van der Waals surface area contributed by atoms with E-state index in [0.717, 1.165) is 5.76 Å². The summed E-state index contributed by atoms with van der Waals surface area (Å²) in [5.74, 6) is 1.46. The number of nitrogens with two attached hydrogens (primary N) is 1. The third-order valence-corrected chi connectivity index (χ3v) is 1.89. The summed E-state index contributed by atoms with van der Waals surface area (Å²) in [5.41, 5.74) is 6.31. The molecular formula is C10H17NO3. The highest BCUT2D eigenvalue weighted by molar-refractivity contribution is 5.44. The van der Waals surface area contributed by atoms with Crippen LogP contribution in [0, 0.1) is 0 Å². The average Bonchev–Trinajstić information content (AvgIpc) is 2.43. The molecule has 14 heavy (non-hydrogen) atoms. The highest BCUT2D eigenvalue weighted by Crippen LogP contribution is 2.28. The van der Waals surface area contributed by atoms with Crippen LogP contribution >= 0.6 is 0 Å². The zero-order valence-corrected chi connectivity index (χ0v) is 9.09. The minimum absolute atomic E-state index is 0.0422. The smallest absolute Gasteiger partial charge is 0.156 e. The van der Waals surface area contributed by atoms with Gasteiger partial charge in [-0.05, 0) is 0 Å². The van der Waals surface area contributed by atoms with E-state index in [-0.39, 0.29) is 12.0 Å². The molecule has 1 aromatic heterocycles. The molecule has 0 fully saturated rings. The molecule has 1 rings (SSSR count). The highest BCUT2D eigenvalue weighted by atomic mass is 17.2. The van der Waals surface area contributed by atoms with Crippen molar-refractivity contribution in [2.45, 2.75) is 32.8 Å². The molecule has 2 N–H and O–H groups in total. The Kier molecular flexibility index (Phi) is 3.18. The normalized spacial score (nSPS) is 12.0. The van der Waals surface area contributed by atoms with Crippen LogP contribution in [0.25, 0.3) is 0 Å². The van der Waals surface area contributed by atoms with Gasteiger partial charge in [0.25, 0.3) is 0 Å². The molecule has 1 aromatic rings. The Labute approximate surface area is 83.9 Å². The first kappa shape index (κ1) is 11.1. The van der Waals surface area contributed by atoms with Crippen molar-refractivity contribution in [3.05, 3.63) is 17.6 Å². The molecule has 0 unspecified atom stereocenters. The van der Waals surface area contributed by atoms with E-state index in [1.165, 1.54) is 7.11 Å². The molecule has 0 aromatic carbocycles. The Morgan fingerprint density at radius 1 is 1.43 bits per heavy atom. The number of hydrogen-bond acceptors (Lipinski definition) is 4. The minimum atomic E-state index is -0.0422. The molecule has 80 valence electrons. The number of hydrogen-bond donors (Lipinski definition) is 1. The average molecular weight is 199 g/mol. The molecule has 1 heterocycles. The fourth-order valence-corrected chi connectivity index (χ4v) is 1.04. The van der Waals surface area contributed by atoms with Gasteiger partial charge in [0.05, 0.1) is 12.8 Å².